The molecule has 8 nitrogen and oxygen atoms in total. The number of fused-ring (bicyclic) bond motifs is 1. The number of amides is 2. The van der Waals surface area contributed by atoms with Gasteiger partial charge in [0.2, 0.25) is 10.0 Å². The third-order valence-corrected chi connectivity index (χ3v) is 7.66. The van der Waals surface area contributed by atoms with Crippen molar-refractivity contribution in [3.8, 4) is 0 Å². The number of nitrogens with zero attached hydrogens (tertiary/aromatic N) is 2. The zero-order chi connectivity index (χ0) is 24.7. The molecule has 0 N–H and O–H groups in total. The Hall–Kier alpha value is -3.25. The molecule has 1 atom stereocenters. The van der Waals surface area contributed by atoms with Gasteiger partial charge in [0.15, 0.2) is 0 Å². The van der Waals surface area contributed by atoms with Gasteiger partial charge in [-0.05, 0) is 37.1 Å². The van der Waals surface area contributed by atoms with Crippen molar-refractivity contribution in [1.82, 2.24) is 9.21 Å². The molecular formula is C22H19F3N2O6S. The number of carbonyl (C=O) groups is 3. The van der Waals surface area contributed by atoms with Crippen molar-refractivity contribution in [3.05, 3.63) is 65.2 Å². The van der Waals surface area contributed by atoms with Gasteiger partial charge in [-0.25, -0.2) is 8.42 Å². The first-order valence-electron chi connectivity index (χ1n) is 10.3. The summed E-state index contributed by atoms with van der Waals surface area (Å²) in [6.07, 6.45) is -4.57. The number of esters is 1. The van der Waals surface area contributed by atoms with Gasteiger partial charge >= 0.3 is 12.1 Å². The number of benzene rings is 2. The predicted octanol–water partition coefficient (Wildman–Crippen LogP) is 2.70. The van der Waals surface area contributed by atoms with E-state index in [1.165, 1.54) is 18.2 Å². The van der Waals surface area contributed by atoms with Gasteiger partial charge in [-0.2, -0.15) is 17.5 Å². The van der Waals surface area contributed by atoms with Gasteiger partial charge in [-0.3, -0.25) is 19.3 Å². The molecule has 0 aromatic heterocycles. The second kappa shape index (κ2) is 8.84. The Labute approximate surface area is 193 Å². The van der Waals surface area contributed by atoms with Crippen LogP contribution in [-0.4, -0.2) is 61.1 Å². The number of hydrogen-bond donors (Lipinski definition) is 0. The van der Waals surface area contributed by atoms with Crippen LogP contribution in [-0.2, 0) is 25.7 Å². The van der Waals surface area contributed by atoms with Gasteiger partial charge in [0.1, 0.15) is 12.6 Å². The van der Waals surface area contributed by atoms with Gasteiger partial charge < -0.3 is 4.74 Å². The Balaban J connectivity index is 1.45. The van der Waals surface area contributed by atoms with E-state index in [9.17, 15) is 36.0 Å². The van der Waals surface area contributed by atoms with Crippen LogP contribution in [0.2, 0.25) is 0 Å². The number of imide groups is 1. The average Bonchev–Trinajstić information content (AvgIpc) is 3.39. The molecule has 2 aromatic carbocycles. The fraction of sp³-hybridized carbons (Fsp3) is 0.318. The van der Waals surface area contributed by atoms with Crippen molar-refractivity contribution in [2.24, 2.45) is 0 Å². The molecule has 0 spiro atoms. The third kappa shape index (κ3) is 4.18. The number of rotatable bonds is 6. The van der Waals surface area contributed by atoms with E-state index in [2.05, 4.69) is 0 Å². The monoisotopic (exact) mass is 496 g/mol. The molecule has 12 heteroatoms. The van der Waals surface area contributed by atoms with Crippen LogP contribution >= 0.6 is 0 Å². The number of alkyl halides is 3. The summed E-state index contributed by atoms with van der Waals surface area (Å²) in [5.74, 6) is -2.03. The maximum Gasteiger partial charge on any atom is 0.417 e. The summed E-state index contributed by atoms with van der Waals surface area (Å²) >= 11 is 0. The lowest BCUT2D eigenvalue weighted by Crippen LogP contribution is -2.42. The minimum atomic E-state index is -4.90. The van der Waals surface area contributed by atoms with Crippen molar-refractivity contribution in [3.63, 3.8) is 0 Å². The summed E-state index contributed by atoms with van der Waals surface area (Å²) in [4.78, 5) is 37.4. The summed E-state index contributed by atoms with van der Waals surface area (Å²) < 4.78 is 72.0. The highest BCUT2D eigenvalue weighted by Crippen LogP contribution is 2.37. The molecule has 180 valence electrons. The van der Waals surface area contributed by atoms with Crippen LogP contribution in [0.4, 0.5) is 13.2 Å². The van der Waals surface area contributed by atoms with Gasteiger partial charge in [0.05, 0.1) is 28.1 Å². The lowest BCUT2D eigenvalue weighted by Gasteiger charge is -2.24. The predicted molar refractivity (Wildman–Crippen MR) is 111 cm³/mol. The number of hydrogen-bond acceptors (Lipinski definition) is 6. The summed E-state index contributed by atoms with van der Waals surface area (Å²) in [5.41, 5.74) is -0.856. The van der Waals surface area contributed by atoms with Crippen LogP contribution in [0.5, 0.6) is 0 Å². The number of sulfonamides is 1. The molecule has 0 saturated carbocycles. The first-order valence-corrected chi connectivity index (χ1v) is 11.8. The first kappa shape index (κ1) is 23.9. The third-order valence-electron chi connectivity index (χ3n) is 5.69. The molecular weight excluding hydrogens is 477 g/mol. The van der Waals surface area contributed by atoms with E-state index in [0.717, 1.165) is 17.0 Å². The molecule has 2 aliphatic rings. The molecule has 2 aliphatic heterocycles. The molecule has 1 saturated heterocycles. The maximum atomic E-state index is 13.4. The lowest BCUT2D eigenvalue weighted by atomic mass is 10.1. The summed E-state index contributed by atoms with van der Waals surface area (Å²) in [7, 11) is -4.65. The molecule has 0 aliphatic carbocycles. The maximum absolute atomic E-state index is 13.4. The molecule has 0 radical (unpaired) electrons. The fourth-order valence-corrected chi connectivity index (χ4v) is 5.95. The van der Waals surface area contributed by atoms with E-state index >= 15 is 0 Å². The number of carbonyl (C=O) groups excluding carboxylic acids is 3. The molecule has 0 unspecified atom stereocenters. The average molecular weight is 496 g/mol. The smallest absolute Gasteiger partial charge is 0.417 e. The standard InChI is InChI=1S/C22H19F3N2O6S/c23-22(24,25)16-8-3-4-10-18(16)34(31,32)27-11-5-9-17(27)21(30)33-13-12-26-19(28)14-6-1-2-7-15(14)20(26)29/h1-4,6-8,10,17H,5,9,11-13H2/t17-/m0/s1. The SMILES string of the molecule is O=C(OCCN1C(=O)c2ccccc2C1=O)[C@@H]1CCCN1S(=O)(=O)c1ccccc1C(F)(F)F. The Morgan fingerprint density at radius 2 is 1.59 bits per heavy atom. The zero-order valence-electron chi connectivity index (χ0n) is 17.6. The Morgan fingerprint density at radius 1 is 1.00 bits per heavy atom. The number of ether oxygens (including phenoxy) is 1. The second-order valence-corrected chi connectivity index (χ2v) is 9.60. The van der Waals surface area contributed by atoms with Crippen LogP contribution in [0.3, 0.4) is 0 Å². The number of halogens is 3. The Bertz CT molecular complexity index is 1230. The topological polar surface area (TPSA) is 101 Å². The summed E-state index contributed by atoms with van der Waals surface area (Å²) in [6, 6.07) is 8.68. The van der Waals surface area contributed by atoms with Crippen molar-refractivity contribution in [1.29, 1.82) is 0 Å². The van der Waals surface area contributed by atoms with Gasteiger partial charge in [0.25, 0.3) is 11.8 Å². The highest BCUT2D eigenvalue weighted by atomic mass is 32.2. The molecule has 34 heavy (non-hydrogen) atoms. The highest BCUT2D eigenvalue weighted by molar-refractivity contribution is 7.89. The van der Waals surface area contributed by atoms with E-state index in [1.54, 1.807) is 12.1 Å². The second-order valence-electron chi connectivity index (χ2n) is 7.74. The van der Waals surface area contributed by atoms with E-state index in [4.69, 9.17) is 4.74 Å². The van der Waals surface area contributed by atoms with Crippen LogP contribution in [0.1, 0.15) is 39.1 Å². The van der Waals surface area contributed by atoms with Crippen LogP contribution in [0, 0.1) is 0 Å². The van der Waals surface area contributed by atoms with Crippen LogP contribution < -0.4 is 0 Å². The largest absolute Gasteiger partial charge is 0.463 e. The van der Waals surface area contributed by atoms with E-state index in [1.807, 2.05) is 0 Å². The minimum Gasteiger partial charge on any atom is -0.463 e. The van der Waals surface area contributed by atoms with Crippen LogP contribution in [0.15, 0.2) is 53.4 Å². The van der Waals surface area contributed by atoms with Gasteiger partial charge in [-0.1, -0.05) is 24.3 Å². The van der Waals surface area contributed by atoms with Gasteiger partial charge in [-0.15, -0.1) is 0 Å². The fourth-order valence-electron chi connectivity index (χ4n) is 4.09. The van der Waals surface area contributed by atoms with Crippen molar-refractivity contribution < 1.29 is 40.7 Å². The lowest BCUT2D eigenvalue weighted by molar-refractivity contribution is -0.147. The van der Waals surface area contributed by atoms with Crippen molar-refractivity contribution in [2.45, 2.75) is 30.0 Å². The summed E-state index contributed by atoms with van der Waals surface area (Å²) in [6.45, 7) is -0.769. The van der Waals surface area contributed by atoms with Gasteiger partial charge in [0, 0.05) is 6.54 Å². The summed E-state index contributed by atoms with van der Waals surface area (Å²) in [5, 5.41) is 0. The molecule has 4 rings (SSSR count). The van der Waals surface area contributed by atoms with Crippen molar-refractivity contribution >= 4 is 27.8 Å². The van der Waals surface area contributed by atoms with E-state index in [-0.39, 0.29) is 43.7 Å². The van der Waals surface area contributed by atoms with E-state index in [0.29, 0.717) is 10.4 Å². The normalized spacial score (nSPS) is 18.9. The van der Waals surface area contributed by atoms with Crippen LogP contribution in [0.25, 0.3) is 0 Å². The van der Waals surface area contributed by atoms with Crippen molar-refractivity contribution in [2.75, 3.05) is 19.7 Å². The molecule has 2 amide bonds. The van der Waals surface area contributed by atoms with E-state index < -0.39 is 50.5 Å². The molecule has 1 fully saturated rings. The zero-order valence-corrected chi connectivity index (χ0v) is 18.4. The molecule has 2 aromatic rings. The first-order chi connectivity index (χ1) is 16.0. The molecule has 2 heterocycles. The Morgan fingerprint density at radius 3 is 2.21 bits per heavy atom. The quantitative estimate of drug-likeness (QED) is 0.450. The minimum absolute atomic E-state index is 0.0687. The molecule has 0 bridgehead atoms. The Kier molecular flexibility index (Phi) is 6.21. The highest BCUT2D eigenvalue weighted by Gasteiger charge is 2.44.